The summed E-state index contributed by atoms with van der Waals surface area (Å²) in [5.74, 6) is -1.49. The Bertz CT molecular complexity index is 999. The Labute approximate surface area is 160 Å². The Morgan fingerprint density at radius 2 is 2.00 bits per heavy atom. The molecule has 1 N–H and O–H groups in total. The minimum Gasteiger partial charge on any atom is -0.450 e. The van der Waals surface area contributed by atoms with Crippen LogP contribution in [0, 0.1) is 12.7 Å². The van der Waals surface area contributed by atoms with Gasteiger partial charge in [0.15, 0.2) is 6.61 Å². The first-order chi connectivity index (χ1) is 13.0. The van der Waals surface area contributed by atoms with Crippen molar-refractivity contribution >= 4 is 34.4 Å². The van der Waals surface area contributed by atoms with Gasteiger partial charge >= 0.3 is 5.97 Å². The van der Waals surface area contributed by atoms with E-state index in [-0.39, 0.29) is 18.1 Å². The van der Waals surface area contributed by atoms with Crippen molar-refractivity contribution < 1.29 is 23.1 Å². The van der Waals surface area contributed by atoms with Crippen molar-refractivity contribution in [2.24, 2.45) is 0 Å². The number of hydrogen-bond donors (Lipinski definition) is 1. The standard InChI is InChI=1S/C20H17ClFNO4/c1-12-15-10-14(21)6-7-17(15)27-19(12)20(25)26-11-18(24)23-9-8-13-4-2-3-5-16(13)22/h2-7,10H,8-9,11H2,1H3,(H,23,24). The average Bonchev–Trinajstić information content (AvgIpc) is 2.98. The molecule has 0 bridgehead atoms. The zero-order valence-electron chi connectivity index (χ0n) is 14.6. The van der Waals surface area contributed by atoms with Crippen molar-refractivity contribution in [3.8, 4) is 0 Å². The highest BCUT2D eigenvalue weighted by atomic mass is 35.5. The number of furan rings is 1. The van der Waals surface area contributed by atoms with E-state index in [2.05, 4.69) is 5.32 Å². The maximum absolute atomic E-state index is 13.5. The number of esters is 1. The molecule has 0 spiro atoms. The van der Waals surface area contributed by atoms with Gasteiger partial charge in [0.05, 0.1) is 0 Å². The van der Waals surface area contributed by atoms with Gasteiger partial charge in [-0.3, -0.25) is 4.79 Å². The van der Waals surface area contributed by atoms with Gasteiger partial charge in [-0.1, -0.05) is 29.8 Å². The van der Waals surface area contributed by atoms with Crippen LogP contribution in [-0.4, -0.2) is 25.0 Å². The fraction of sp³-hybridized carbons (Fsp3) is 0.200. The summed E-state index contributed by atoms with van der Waals surface area (Å²) in [4.78, 5) is 24.0. The van der Waals surface area contributed by atoms with E-state index < -0.39 is 18.5 Å². The molecule has 1 aromatic heterocycles. The summed E-state index contributed by atoms with van der Waals surface area (Å²) in [7, 11) is 0. The van der Waals surface area contributed by atoms with E-state index in [1.165, 1.54) is 6.07 Å². The zero-order chi connectivity index (χ0) is 19.4. The van der Waals surface area contributed by atoms with Crippen molar-refractivity contribution in [3.05, 3.63) is 70.2 Å². The average molecular weight is 390 g/mol. The molecule has 27 heavy (non-hydrogen) atoms. The monoisotopic (exact) mass is 389 g/mol. The lowest BCUT2D eigenvalue weighted by Crippen LogP contribution is -2.30. The van der Waals surface area contributed by atoms with Crippen LogP contribution in [0.15, 0.2) is 46.9 Å². The van der Waals surface area contributed by atoms with Gasteiger partial charge in [-0.15, -0.1) is 0 Å². The Balaban J connectivity index is 1.52. The quantitative estimate of drug-likeness (QED) is 0.646. The molecule has 0 radical (unpaired) electrons. The molecule has 2 aromatic carbocycles. The SMILES string of the molecule is Cc1c(C(=O)OCC(=O)NCCc2ccccc2F)oc2ccc(Cl)cc12. The van der Waals surface area contributed by atoms with Gasteiger partial charge in [0.2, 0.25) is 5.76 Å². The van der Waals surface area contributed by atoms with Crippen LogP contribution >= 0.6 is 11.6 Å². The lowest BCUT2D eigenvalue weighted by molar-refractivity contribution is -0.124. The molecular weight excluding hydrogens is 373 g/mol. The second-order valence-electron chi connectivity index (χ2n) is 5.96. The number of carbonyl (C=O) groups is 2. The number of aryl methyl sites for hydroxylation is 1. The Morgan fingerprint density at radius 3 is 2.78 bits per heavy atom. The molecule has 0 aliphatic rings. The number of hydrogen-bond acceptors (Lipinski definition) is 4. The first-order valence-electron chi connectivity index (χ1n) is 8.31. The minimum atomic E-state index is -0.732. The van der Waals surface area contributed by atoms with Crippen molar-refractivity contribution in [3.63, 3.8) is 0 Å². The van der Waals surface area contributed by atoms with Crippen LogP contribution in [0.5, 0.6) is 0 Å². The number of fused-ring (bicyclic) bond motifs is 1. The summed E-state index contributed by atoms with van der Waals surface area (Å²) in [6, 6.07) is 11.4. The molecule has 0 atom stereocenters. The molecule has 3 aromatic rings. The van der Waals surface area contributed by atoms with E-state index in [1.54, 1.807) is 43.3 Å². The molecule has 0 fully saturated rings. The van der Waals surface area contributed by atoms with E-state index in [9.17, 15) is 14.0 Å². The van der Waals surface area contributed by atoms with Crippen LogP contribution in [-0.2, 0) is 16.0 Å². The van der Waals surface area contributed by atoms with Crippen molar-refractivity contribution in [2.45, 2.75) is 13.3 Å². The molecule has 0 unspecified atom stereocenters. The highest BCUT2D eigenvalue weighted by molar-refractivity contribution is 6.31. The smallest absolute Gasteiger partial charge is 0.375 e. The van der Waals surface area contributed by atoms with Crippen LogP contribution in [0.4, 0.5) is 4.39 Å². The molecule has 0 saturated carbocycles. The summed E-state index contributed by atoms with van der Waals surface area (Å²) in [5.41, 5.74) is 1.61. The molecule has 3 rings (SSSR count). The number of nitrogens with one attached hydrogen (secondary N) is 1. The number of carbonyl (C=O) groups excluding carboxylic acids is 2. The highest BCUT2D eigenvalue weighted by Gasteiger charge is 2.20. The molecule has 0 saturated heterocycles. The molecule has 1 amide bonds. The van der Waals surface area contributed by atoms with Crippen molar-refractivity contribution in [1.29, 1.82) is 0 Å². The second-order valence-corrected chi connectivity index (χ2v) is 6.40. The third-order valence-corrected chi connectivity index (χ3v) is 4.33. The van der Waals surface area contributed by atoms with Crippen LogP contribution in [0.1, 0.15) is 21.7 Å². The fourth-order valence-electron chi connectivity index (χ4n) is 2.67. The predicted molar refractivity (Wildman–Crippen MR) is 99.4 cm³/mol. The number of ether oxygens (including phenoxy) is 1. The van der Waals surface area contributed by atoms with E-state index in [0.29, 0.717) is 33.5 Å². The molecule has 140 valence electrons. The molecule has 0 aliphatic carbocycles. The lowest BCUT2D eigenvalue weighted by atomic mass is 10.1. The van der Waals surface area contributed by atoms with Gasteiger partial charge in [-0.25, -0.2) is 9.18 Å². The summed E-state index contributed by atoms with van der Waals surface area (Å²) >= 11 is 5.95. The Kier molecular flexibility index (Phi) is 5.76. The summed E-state index contributed by atoms with van der Waals surface area (Å²) < 4.78 is 24.0. The fourth-order valence-corrected chi connectivity index (χ4v) is 2.85. The van der Waals surface area contributed by atoms with Crippen LogP contribution in [0.2, 0.25) is 5.02 Å². The maximum atomic E-state index is 13.5. The van der Waals surface area contributed by atoms with Gasteiger partial charge in [-0.2, -0.15) is 0 Å². The van der Waals surface area contributed by atoms with Crippen LogP contribution < -0.4 is 5.32 Å². The molecule has 0 aliphatic heterocycles. The highest BCUT2D eigenvalue weighted by Crippen LogP contribution is 2.28. The van der Waals surface area contributed by atoms with E-state index >= 15 is 0 Å². The van der Waals surface area contributed by atoms with Crippen molar-refractivity contribution in [2.75, 3.05) is 13.2 Å². The Morgan fingerprint density at radius 1 is 1.22 bits per heavy atom. The zero-order valence-corrected chi connectivity index (χ0v) is 15.3. The minimum absolute atomic E-state index is 0.0337. The third-order valence-electron chi connectivity index (χ3n) is 4.09. The molecular formula is C20H17ClFNO4. The van der Waals surface area contributed by atoms with E-state index in [4.69, 9.17) is 20.8 Å². The molecule has 5 nitrogen and oxygen atoms in total. The van der Waals surface area contributed by atoms with Gasteiger partial charge < -0.3 is 14.5 Å². The third kappa shape index (κ3) is 4.46. The second kappa shape index (κ2) is 8.22. The van der Waals surface area contributed by atoms with E-state index in [1.807, 2.05) is 0 Å². The summed E-state index contributed by atoms with van der Waals surface area (Å²) in [6.45, 7) is 1.50. The van der Waals surface area contributed by atoms with Crippen LogP contribution in [0.25, 0.3) is 11.0 Å². The maximum Gasteiger partial charge on any atom is 0.375 e. The first-order valence-corrected chi connectivity index (χ1v) is 8.69. The molecule has 7 heteroatoms. The van der Waals surface area contributed by atoms with Gasteiger partial charge in [0, 0.05) is 22.5 Å². The van der Waals surface area contributed by atoms with Gasteiger partial charge in [0.25, 0.3) is 5.91 Å². The van der Waals surface area contributed by atoms with Crippen molar-refractivity contribution in [1.82, 2.24) is 5.32 Å². The number of halogens is 2. The number of amides is 1. The largest absolute Gasteiger partial charge is 0.450 e. The lowest BCUT2D eigenvalue weighted by Gasteiger charge is -2.07. The summed E-state index contributed by atoms with van der Waals surface area (Å²) in [6.07, 6.45) is 0.343. The Hall–Kier alpha value is -2.86. The topological polar surface area (TPSA) is 68.5 Å². The predicted octanol–water partition coefficient (Wildman–Crippen LogP) is 4.05. The van der Waals surface area contributed by atoms with Gasteiger partial charge in [-0.05, 0) is 43.2 Å². The normalized spacial score (nSPS) is 10.8. The van der Waals surface area contributed by atoms with E-state index in [0.717, 1.165) is 0 Å². The van der Waals surface area contributed by atoms with Gasteiger partial charge in [0.1, 0.15) is 11.4 Å². The summed E-state index contributed by atoms with van der Waals surface area (Å²) in [5, 5.41) is 3.82. The number of benzene rings is 2. The first kappa shape index (κ1) is 18.9. The molecule has 1 heterocycles. The van der Waals surface area contributed by atoms with Crippen LogP contribution in [0.3, 0.4) is 0 Å². The number of rotatable bonds is 6.